The lowest BCUT2D eigenvalue weighted by atomic mass is 10.1. The molecule has 1 unspecified atom stereocenters. The molecule has 5 heteroatoms. The van der Waals surface area contributed by atoms with E-state index >= 15 is 0 Å². The summed E-state index contributed by atoms with van der Waals surface area (Å²) < 4.78 is 6.45. The molecule has 0 aliphatic carbocycles. The summed E-state index contributed by atoms with van der Waals surface area (Å²) in [5.41, 5.74) is 2.05. The summed E-state index contributed by atoms with van der Waals surface area (Å²) in [4.78, 5) is 15.4. The molecular formula is C26H31NO2S2. The quantitative estimate of drug-likeness (QED) is 0.201. The van der Waals surface area contributed by atoms with Gasteiger partial charge in [-0.25, -0.2) is 0 Å². The van der Waals surface area contributed by atoms with E-state index in [9.17, 15) is 4.79 Å². The van der Waals surface area contributed by atoms with Crippen molar-refractivity contribution in [2.45, 2.75) is 58.4 Å². The van der Waals surface area contributed by atoms with Crippen LogP contribution in [-0.4, -0.2) is 21.7 Å². The lowest BCUT2D eigenvalue weighted by molar-refractivity contribution is -0.123. The Hall–Kier alpha value is -2.11. The summed E-state index contributed by atoms with van der Waals surface area (Å²) in [7, 11) is 0. The first-order valence-electron chi connectivity index (χ1n) is 11.1. The van der Waals surface area contributed by atoms with Gasteiger partial charge in [0.1, 0.15) is 10.1 Å². The Kier molecular flexibility index (Phi) is 9.16. The van der Waals surface area contributed by atoms with E-state index in [1.807, 2.05) is 67.6 Å². The van der Waals surface area contributed by atoms with Crippen molar-refractivity contribution in [3.8, 4) is 5.75 Å². The van der Waals surface area contributed by atoms with Crippen molar-refractivity contribution in [2.24, 2.45) is 0 Å². The zero-order chi connectivity index (χ0) is 22.1. The van der Waals surface area contributed by atoms with Crippen LogP contribution >= 0.6 is 24.0 Å². The SMILES string of the molecule is CCCCCCCCOc1ccc(/C=C2/SC(=S)N(C(C)c3ccccc3)C2=O)cc1. The molecule has 1 atom stereocenters. The molecule has 0 spiro atoms. The Balaban J connectivity index is 1.54. The number of hydrogen-bond acceptors (Lipinski definition) is 4. The maximum Gasteiger partial charge on any atom is 0.266 e. The number of nitrogens with zero attached hydrogens (tertiary/aromatic N) is 1. The summed E-state index contributed by atoms with van der Waals surface area (Å²) in [6, 6.07) is 17.8. The number of amides is 1. The Bertz CT molecular complexity index is 893. The second-order valence-corrected chi connectivity index (χ2v) is 9.50. The molecule has 0 aromatic heterocycles. The fourth-order valence-electron chi connectivity index (χ4n) is 3.58. The van der Waals surface area contributed by atoms with Crippen LogP contribution in [0.3, 0.4) is 0 Å². The zero-order valence-electron chi connectivity index (χ0n) is 18.4. The van der Waals surface area contributed by atoms with E-state index in [0.717, 1.165) is 29.9 Å². The molecule has 1 aliphatic rings. The average molecular weight is 454 g/mol. The van der Waals surface area contributed by atoms with E-state index in [4.69, 9.17) is 17.0 Å². The van der Waals surface area contributed by atoms with Gasteiger partial charge in [-0.1, -0.05) is 105 Å². The normalized spacial score (nSPS) is 16.2. The van der Waals surface area contributed by atoms with Crippen LogP contribution in [0.15, 0.2) is 59.5 Å². The van der Waals surface area contributed by atoms with Crippen molar-refractivity contribution in [3.05, 3.63) is 70.6 Å². The summed E-state index contributed by atoms with van der Waals surface area (Å²) >= 11 is 6.87. The fraction of sp³-hybridized carbons (Fsp3) is 0.385. The summed E-state index contributed by atoms with van der Waals surface area (Å²) in [5.74, 6) is 0.839. The highest BCUT2D eigenvalue weighted by Gasteiger charge is 2.35. The number of carbonyl (C=O) groups excluding carboxylic acids is 1. The molecule has 1 saturated heterocycles. The summed E-state index contributed by atoms with van der Waals surface area (Å²) in [6.45, 7) is 5.00. The molecule has 0 radical (unpaired) electrons. The van der Waals surface area contributed by atoms with Gasteiger partial charge in [0, 0.05) is 0 Å². The van der Waals surface area contributed by atoms with Gasteiger partial charge in [-0.2, -0.15) is 0 Å². The first-order chi connectivity index (χ1) is 15.1. The van der Waals surface area contributed by atoms with E-state index in [2.05, 4.69) is 6.92 Å². The van der Waals surface area contributed by atoms with Crippen LogP contribution in [0.1, 0.15) is 69.5 Å². The third-order valence-electron chi connectivity index (χ3n) is 5.44. The van der Waals surface area contributed by atoms with E-state index in [0.29, 0.717) is 9.23 Å². The number of unbranched alkanes of at least 4 members (excludes halogenated alkanes) is 5. The average Bonchev–Trinajstić information content (AvgIpc) is 3.07. The third kappa shape index (κ3) is 6.68. The van der Waals surface area contributed by atoms with Crippen LogP contribution in [0.5, 0.6) is 5.75 Å². The van der Waals surface area contributed by atoms with Crippen LogP contribution < -0.4 is 4.74 Å². The van der Waals surface area contributed by atoms with Crippen molar-refractivity contribution in [1.29, 1.82) is 0 Å². The van der Waals surface area contributed by atoms with Crippen LogP contribution in [0.4, 0.5) is 0 Å². The van der Waals surface area contributed by atoms with E-state index in [1.54, 1.807) is 4.90 Å². The van der Waals surface area contributed by atoms with Gasteiger partial charge >= 0.3 is 0 Å². The molecule has 3 rings (SSSR count). The maximum atomic E-state index is 13.0. The number of thiocarbonyl (C=S) groups is 1. The molecule has 2 aromatic rings. The number of carbonyl (C=O) groups is 1. The van der Waals surface area contributed by atoms with Crippen LogP contribution in [0, 0.1) is 0 Å². The highest BCUT2D eigenvalue weighted by atomic mass is 32.2. The van der Waals surface area contributed by atoms with Gasteiger partial charge in [-0.3, -0.25) is 9.69 Å². The topological polar surface area (TPSA) is 29.5 Å². The van der Waals surface area contributed by atoms with Crippen LogP contribution in [-0.2, 0) is 4.79 Å². The number of thioether (sulfide) groups is 1. The zero-order valence-corrected chi connectivity index (χ0v) is 20.0. The predicted octanol–water partition coefficient (Wildman–Crippen LogP) is 7.39. The molecule has 31 heavy (non-hydrogen) atoms. The third-order valence-corrected chi connectivity index (χ3v) is 6.77. The Morgan fingerprint density at radius 3 is 2.39 bits per heavy atom. The van der Waals surface area contributed by atoms with E-state index in [1.165, 1.54) is 43.9 Å². The van der Waals surface area contributed by atoms with Gasteiger partial charge in [-0.15, -0.1) is 0 Å². The van der Waals surface area contributed by atoms with Crippen molar-refractivity contribution >= 4 is 40.3 Å². The molecule has 1 heterocycles. The number of rotatable bonds is 11. The standard InChI is InChI=1S/C26H31NO2S2/c1-3-4-5-6-7-11-18-29-23-16-14-21(15-17-23)19-24-25(28)27(26(30)31-24)20(2)22-12-9-8-10-13-22/h8-10,12-17,19-20H,3-7,11,18H2,1-2H3/b24-19+. The van der Waals surface area contributed by atoms with Crippen molar-refractivity contribution in [3.63, 3.8) is 0 Å². The lowest BCUT2D eigenvalue weighted by Gasteiger charge is -2.23. The number of hydrogen-bond donors (Lipinski definition) is 0. The van der Waals surface area contributed by atoms with Crippen molar-refractivity contribution < 1.29 is 9.53 Å². The van der Waals surface area contributed by atoms with Crippen LogP contribution in [0.2, 0.25) is 0 Å². The van der Waals surface area contributed by atoms with Gasteiger partial charge < -0.3 is 4.74 Å². The van der Waals surface area contributed by atoms with Gasteiger partial charge in [0.05, 0.1) is 17.6 Å². The minimum Gasteiger partial charge on any atom is -0.494 e. The second kappa shape index (κ2) is 12.1. The highest BCUT2D eigenvalue weighted by molar-refractivity contribution is 8.26. The minimum absolute atomic E-state index is 0.0326. The van der Waals surface area contributed by atoms with Gasteiger partial charge in [0.2, 0.25) is 0 Å². The number of ether oxygens (including phenoxy) is 1. The lowest BCUT2D eigenvalue weighted by Crippen LogP contribution is -2.30. The molecule has 1 aliphatic heterocycles. The van der Waals surface area contributed by atoms with Gasteiger partial charge in [0.15, 0.2) is 0 Å². The molecule has 1 fully saturated rings. The summed E-state index contributed by atoms with van der Waals surface area (Å²) in [5, 5.41) is 0. The van der Waals surface area contributed by atoms with Gasteiger partial charge in [-0.05, 0) is 42.7 Å². The van der Waals surface area contributed by atoms with E-state index in [-0.39, 0.29) is 11.9 Å². The second-order valence-electron chi connectivity index (χ2n) is 7.82. The summed E-state index contributed by atoms with van der Waals surface area (Å²) in [6.07, 6.45) is 9.44. The molecule has 0 N–H and O–H groups in total. The first kappa shape index (κ1) is 23.6. The molecule has 164 valence electrons. The molecule has 3 nitrogen and oxygen atoms in total. The van der Waals surface area contributed by atoms with Crippen molar-refractivity contribution in [1.82, 2.24) is 4.90 Å². The highest BCUT2D eigenvalue weighted by Crippen LogP contribution is 2.38. The fourth-order valence-corrected chi connectivity index (χ4v) is 5.00. The first-order valence-corrected chi connectivity index (χ1v) is 12.4. The van der Waals surface area contributed by atoms with Gasteiger partial charge in [0.25, 0.3) is 5.91 Å². The van der Waals surface area contributed by atoms with Crippen molar-refractivity contribution in [2.75, 3.05) is 6.61 Å². The predicted molar refractivity (Wildman–Crippen MR) is 135 cm³/mol. The van der Waals surface area contributed by atoms with E-state index < -0.39 is 0 Å². The maximum absolute atomic E-state index is 13.0. The number of benzene rings is 2. The molecule has 2 aromatic carbocycles. The molecule has 0 bridgehead atoms. The monoisotopic (exact) mass is 453 g/mol. The minimum atomic E-state index is -0.0858. The molecular weight excluding hydrogens is 422 g/mol. The molecule has 0 saturated carbocycles. The Labute approximate surface area is 195 Å². The Morgan fingerprint density at radius 2 is 1.68 bits per heavy atom. The molecule has 1 amide bonds. The Morgan fingerprint density at radius 1 is 1.00 bits per heavy atom. The smallest absolute Gasteiger partial charge is 0.266 e. The largest absolute Gasteiger partial charge is 0.494 e. The van der Waals surface area contributed by atoms with Crippen LogP contribution in [0.25, 0.3) is 6.08 Å².